The lowest BCUT2D eigenvalue weighted by atomic mass is 10.1. The molecule has 29 heavy (non-hydrogen) atoms. The molecule has 1 saturated heterocycles. The largest absolute Gasteiger partial charge is 0.454 e. The van der Waals surface area contributed by atoms with Crippen molar-refractivity contribution in [3.05, 3.63) is 65.5 Å². The van der Waals surface area contributed by atoms with Gasteiger partial charge in [-0.2, -0.15) is 5.26 Å². The summed E-state index contributed by atoms with van der Waals surface area (Å²) in [5, 5.41) is 9.59. The minimum Gasteiger partial charge on any atom is -0.454 e. The van der Waals surface area contributed by atoms with Crippen molar-refractivity contribution in [2.24, 2.45) is 0 Å². The van der Waals surface area contributed by atoms with Gasteiger partial charge in [0.15, 0.2) is 11.5 Å². The van der Waals surface area contributed by atoms with Crippen LogP contribution in [0.4, 0.5) is 0 Å². The van der Waals surface area contributed by atoms with E-state index in [1.54, 1.807) is 18.2 Å². The molecule has 7 nitrogen and oxygen atoms in total. The first-order valence-corrected chi connectivity index (χ1v) is 9.63. The molecule has 0 bridgehead atoms. The molecular weight excluding hydrogens is 368 g/mol. The monoisotopic (exact) mass is 388 g/mol. The predicted molar refractivity (Wildman–Crippen MR) is 106 cm³/mol. The second kappa shape index (κ2) is 7.15. The average molecular weight is 388 g/mol. The summed E-state index contributed by atoms with van der Waals surface area (Å²) in [4.78, 5) is 17.0. The van der Waals surface area contributed by atoms with Crippen molar-refractivity contribution >= 4 is 11.4 Å². The summed E-state index contributed by atoms with van der Waals surface area (Å²) in [7, 11) is 0. The number of carbonyl (C=O) groups excluding carboxylic acids is 1. The van der Waals surface area contributed by atoms with Crippen LogP contribution in [0.3, 0.4) is 0 Å². The van der Waals surface area contributed by atoms with E-state index >= 15 is 0 Å². The number of nitriles is 1. The first kappa shape index (κ1) is 17.6. The van der Waals surface area contributed by atoms with Gasteiger partial charge in [0, 0.05) is 56.2 Å². The molecule has 1 amide bonds. The number of fused-ring (bicyclic) bond motifs is 2. The smallest absolute Gasteiger partial charge is 0.254 e. The number of benzene rings is 1. The van der Waals surface area contributed by atoms with Crippen molar-refractivity contribution in [3.8, 4) is 17.6 Å². The van der Waals surface area contributed by atoms with Gasteiger partial charge in [-0.1, -0.05) is 6.07 Å². The van der Waals surface area contributed by atoms with Crippen LogP contribution in [0.15, 0.2) is 48.8 Å². The van der Waals surface area contributed by atoms with Gasteiger partial charge in [-0.3, -0.25) is 9.69 Å². The van der Waals surface area contributed by atoms with Gasteiger partial charge in [-0.25, -0.2) is 0 Å². The van der Waals surface area contributed by atoms with Crippen molar-refractivity contribution in [3.63, 3.8) is 0 Å². The van der Waals surface area contributed by atoms with E-state index in [4.69, 9.17) is 9.47 Å². The van der Waals surface area contributed by atoms with E-state index in [1.165, 1.54) is 0 Å². The minimum atomic E-state index is 0.00951. The Morgan fingerprint density at radius 3 is 2.72 bits per heavy atom. The lowest BCUT2D eigenvalue weighted by molar-refractivity contribution is 0.0628. The Balaban J connectivity index is 1.25. The first-order chi connectivity index (χ1) is 14.2. The molecule has 7 heteroatoms. The van der Waals surface area contributed by atoms with E-state index in [0.29, 0.717) is 36.7 Å². The summed E-state index contributed by atoms with van der Waals surface area (Å²) >= 11 is 0. The highest BCUT2D eigenvalue weighted by Crippen LogP contribution is 2.33. The fourth-order valence-corrected chi connectivity index (χ4v) is 3.99. The molecule has 2 aliphatic heterocycles. The zero-order chi connectivity index (χ0) is 19.8. The zero-order valence-electron chi connectivity index (χ0n) is 15.9. The van der Waals surface area contributed by atoms with Gasteiger partial charge in [-0.05, 0) is 30.3 Å². The molecule has 0 unspecified atom stereocenters. The Hall–Kier alpha value is -3.50. The van der Waals surface area contributed by atoms with Crippen LogP contribution in [-0.4, -0.2) is 53.1 Å². The highest BCUT2D eigenvalue weighted by Gasteiger charge is 2.25. The van der Waals surface area contributed by atoms with Crippen LogP contribution in [0, 0.1) is 11.3 Å². The molecule has 0 atom stereocenters. The molecule has 5 rings (SSSR count). The van der Waals surface area contributed by atoms with Crippen LogP contribution in [0.25, 0.3) is 5.52 Å². The number of ether oxygens (including phenoxy) is 2. The molecule has 1 fully saturated rings. The standard InChI is InChI=1S/C22H20N4O3/c23-12-18-17(14-26-6-2-1-3-19(18)26)13-24-7-9-25(10-8-24)22(27)16-4-5-20-21(11-16)29-15-28-20/h1-6,11,14H,7-10,13,15H2. The first-order valence-electron chi connectivity index (χ1n) is 9.63. The van der Waals surface area contributed by atoms with Crippen LogP contribution < -0.4 is 9.47 Å². The normalized spacial score (nSPS) is 16.2. The number of hydrogen-bond donors (Lipinski definition) is 0. The van der Waals surface area contributed by atoms with Gasteiger partial charge in [0.1, 0.15) is 6.07 Å². The number of piperazine rings is 1. The SMILES string of the molecule is N#Cc1c(CN2CCN(C(=O)c3ccc4c(c3)OCO4)CC2)cn2ccccc12. The highest BCUT2D eigenvalue weighted by molar-refractivity contribution is 5.95. The van der Waals surface area contributed by atoms with E-state index in [9.17, 15) is 10.1 Å². The predicted octanol–water partition coefficient (Wildman–Crippen LogP) is 2.50. The van der Waals surface area contributed by atoms with Crippen LogP contribution in [-0.2, 0) is 6.54 Å². The second-order valence-corrected chi connectivity index (χ2v) is 7.27. The van der Waals surface area contributed by atoms with Crippen LogP contribution in [0.1, 0.15) is 21.5 Å². The van der Waals surface area contributed by atoms with Crippen molar-refractivity contribution in [1.29, 1.82) is 5.26 Å². The number of aromatic nitrogens is 1. The quantitative estimate of drug-likeness (QED) is 0.690. The molecule has 0 spiro atoms. The van der Waals surface area contributed by atoms with Gasteiger partial charge >= 0.3 is 0 Å². The third-order valence-corrected chi connectivity index (χ3v) is 5.55. The van der Waals surface area contributed by atoms with E-state index < -0.39 is 0 Å². The molecule has 146 valence electrons. The van der Waals surface area contributed by atoms with Crippen LogP contribution >= 0.6 is 0 Å². The maximum Gasteiger partial charge on any atom is 0.254 e. The van der Waals surface area contributed by atoms with Crippen molar-refractivity contribution in [1.82, 2.24) is 14.2 Å². The molecule has 2 aromatic heterocycles. The fraction of sp³-hybridized carbons (Fsp3) is 0.273. The molecule has 0 N–H and O–H groups in total. The van der Waals surface area contributed by atoms with Gasteiger partial charge < -0.3 is 18.8 Å². The Bertz CT molecular complexity index is 1120. The fourth-order valence-electron chi connectivity index (χ4n) is 3.99. The third-order valence-electron chi connectivity index (χ3n) is 5.55. The maximum atomic E-state index is 12.8. The van der Waals surface area contributed by atoms with Gasteiger partial charge in [0.2, 0.25) is 6.79 Å². The third kappa shape index (κ3) is 3.18. The van der Waals surface area contributed by atoms with E-state index in [-0.39, 0.29) is 12.7 Å². The van der Waals surface area contributed by atoms with Gasteiger partial charge in [0.25, 0.3) is 5.91 Å². The summed E-state index contributed by atoms with van der Waals surface area (Å²) in [5.41, 5.74) is 3.30. The summed E-state index contributed by atoms with van der Waals surface area (Å²) in [5.74, 6) is 1.31. The molecule has 1 aromatic carbocycles. The molecule has 0 radical (unpaired) electrons. The molecule has 4 heterocycles. The van der Waals surface area contributed by atoms with Gasteiger partial charge in [0.05, 0.1) is 11.1 Å². The molecular formula is C22H20N4O3. The zero-order valence-corrected chi connectivity index (χ0v) is 15.9. The van der Waals surface area contributed by atoms with Crippen molar-refractivity contribution in [2.45, 2.75) is 6.54 Å². The number of hydrogen-bond acceptors (Lipinski definition) is 5. The van der Waals surface area contributed by atoms with E-state index in [0.717, 1.165) is 29.7 Å². The van der Waals surface area contributed by atoms with E-state index in [1.807, 2.05) is 39.9 Å². The number of amides is 1. The molecule has 0 aliphatic carbocycles. The summed E-state index contributed by atoms with van der Waals surface area (Å²) in [6, 6.07) is 13.5. The van der Waals surface area contributed by atoms with Crippen molar-refractivity contribution < 1.29 is 14.3 Å². The highest BCUT2D eigenvalue weighted by atomic mass is 16.7. The Labute approximate surface area is 168 Å². The topological polar surface area (TPSA) is 70.2 Å². The number of carbonyl (C=O) groups is 1. The Kier molecular flexibility index (Phi) is 4.34. The number of pyridine rings is 1. The summed E-state index contributed by atoms with van der Waals surface area (Å²) < 4.78 is 12.7. The number of rotatable bonds is 3. The summed E-state index contributed by atoms with van der Waals surface area (Å²) in [6.45, 7) is 3.76. The van der Waals surface area contributed by atoms with Gasteiger partial charge in [-0.15, -0.1) is 0 Å². The Morgan fingerprint density at radius 2 is 1.90 bits per heavy atom. The molecule has 0 saturated carbocycles. The maximum absolute atomic E-state index is 12.8. The average Bonchev–Trinajstić information content (AvgIpc) is 3.37. The minimum absolute atomic E-state index is 0.00951. The van der Waals surface area contributed by atoms with Crippen molar-refractivity contribution in [2.75, 3.05) is 33.0 Å². The lowest BCUT2D eigenvalue weighted by Crippen LogP contribution is -2.48. The molecule has 2 aliphatic rings. The molecule has 3 aromatic rings. The van der Waals surface area contributed by atoms with Crippen LogP contribution in [0.2, 0.25) is 0 Å². The summed E-state index contributed by atoms with van der Waals surface area (Å²) in [6.07, 6.45) is 3.99. The Morgan fingerprint density at radius 1 is 1.07 bits per heavy atom. The lowest BCUT2D eigenvalue weighted by Gasteiger charge is -2.34. The van der Waals surface area contributed by atoms with Crippen LogP contribution in [0.5, 0.6) is 11.5 Å². The second-order valence-electron chi connectivity index (χ2n) is 7.27. The van der Waals surface area contributed by atoms with E-state index in [2.05, 4.69) is 11.0 Å². The number of nitrogens with zero attached hydrogens (tertiary/aromatic N) is 4.